The summed E-state index contributed by atoms with van der Waals surface area (Å²) in [6.45, 7) is 4.13. The van der Waals surface area contributed by atoms with Crippen molar-refractivity contribution in [1.29, 1.82) is 0 Å². The molecule has 2 N–H and O–H groups in total. The van der Waals surface area contributed by atoms with E-state index in [1.54, 1.807) is 6.07 Å². The van der Waals surface area contributed by atoms with Crippen LogP contribution in [-0.4, -0.2) is 43.1 Å². The number of halogens is 1. The first-order valence-electron chi connectivity index (χ1n) is 6.73. The van der Waals surface area contributed by atoms with Crippen LogP contribution in [0.5, 0.6) is 0 Å². The van der Waals surface area contributed by atoms with E-state index < -0.39 is 11.0 Å². The second-order valence-electron chi connectivity index (χ2n) is 4.70. The molecule has 1 aromatic rings. The van der Waals surface area contributed by atoms with Crippen molar-refractivity contribution >= 4 is 39.9 Å². The van der Waals surface area contributed by atoms with E-state index in [1.807, 2.05) is 40.5 Å². The standard InChI is InChI=1S/C13H17IN4O3/c1-2-16-13(19)12-8-15-5-6-17(12)10-4-3-9(14)7-11(10)18(20)21/h3-4,7,12,15H,2,5-6,8H2,1H3,(H,16,19). The van der Waals surface area contributed by atoms with E-state index >= 15 is 0 Å². The zero-order valence-electron chi connectivity index (χ0n) is 11.6. The fourth-order valence-corrected chi connectivity index (χ4v) is 2.88. The maximum Gasteiger partial charge on any atom is 0.293 e. The molecule has 1 aromatic carbocycles. The van der Waals surface area contributed by atoms with E-state index in [1.165, 1.54) is 6.07 Å². The molecule has 2 rings (SSSR count). The lowest BCUT2D eigenvalue weighted by molar-refractivity contribution is -0.384. The molecule has 1 saturated heterocycles. The number of piperazine rings is 1. The Morgan fingerprint density at radius 3 is 3.05 bits per heavy atom. The molecule has 1 atom stereocenters. The first-order valence-corrected chi connectivity index (χ1v) is 7.81. The van der Waals surface area contributed by atoms with Gasteiger partial charge in [0, 0.05) is 35.8 Å². The van der Waals surface area contributed by atoms with Gasteiger partial charge < -0.3 is 15.5 Å². The molecule has 7 nitrogen and oxygen atoms in total. The number of nitrogens with one attached hydrogen (secondary N) is 2. The van der Waals surface area contributed by atoms with Crippen molar-refractivity contribution in [1.82, 2.24) is 10.6 Å². The van der Waals surface area contributed by atoms with E-state index in [2.05, 4.69) is 10.6 Å². The van der Waals surface area contributed by atoms with E-state index in [9.17, 15) is 14.9 Å². The Bertz CT molecular complexity index is 552. The minimum absolute atomic E-state index is 0.0399. The molecule has 1 unspecified atom stereocenters. The molecule has 8 heteroatoms. The number of nitro groups is 1. The molecule has 1 fully saturated rings. The summed E-state index contributed by atoms with van der Waals surface area (Å²) in [6.07, 6.45) is 0. The van der Waals surface area contributed by atoms with Crippen molar-refractivity contribution in [3.8, 4) is 0 Å². The second kappa shape index (κ2) is 7.03. The molecule has 1 heterocycles. The van der Waals surface area contributed by atoms with Crippen molar-refractivity contribution in [2.24, 2.45) is 0 Å². The van der Waals surface area contributed by atoms with Gasteiger partial charge in [-0.1, -0.05) is 0 Å². The third-order valence-electron chi connectivity index (χ3n) is 3.34. The lowest BCUT2D eigenvalue weighted by atomic mass is 10.1. The average molecular weight is 404 g/mol. The summed E-state index contributed by atoms with van der Waals surface area (Å²) in [5.74, 6) is -0.113. The minimum Gasteiger partial charge on any atom is -0.355 e. The Kier molecular flexibility index (Phi) is 5.34. The number of likely N-dealkylation sites (N-methyl/N-ethyl adjacent to an activating group) is 1. The highest BCUT2D eigenvalue weighted by atomic mass is 127. The summed E-state index contributed by atoms with van der Waals surface area (Å²) in [5.41, 5.74) is 0.538. The highest BCUT2D eigenvalue weighted by Crippen LogP contribution is 2.31. The number of rotatable bonds is 4. The SMILES string of the molecule is CCNC(=O)C1CNCCN1c1ccc(I)cc1[N+](=O)[O-]. The zero-order valence-corrected chi connectivity index (χ0v) is 13.8. The monoisotopic (exact) mass is 404 g/mol. The number of amides is 1. The van der Waals surface area contributed by atoms with Gasteiger partial charge in [-0.15, -0.1) is 0 Å². The topological polar surface area (TPSA) is 87.5 Å². The first kappa shape index (κ1) is 16.0. The normalized spacial score (nSPS) is 18.4. The number of carbonyl (C=O) groups is 1. The van der Waals surface area contributed by atoms with Crippen LogP contribution in [0.2, 0.25) is 0 Å². The molecule has 1 amide bonds. The molecule has 114 valence electrons. The Morgan fingerprint density at radius 2 is 2.38 bits per heavy atom. The van der Waals surface area contributed by atoms with Gasteiger partial charge in [0.15, 0.2) is 0 Å². The van der Waals surface area contributed by atoms with E-state index in [0.717, 1.165) is 3.57 Å². The van der Waals surface area contributed by atoms with Gasteiger partial charge in [0.1, 0.15) is 11.7 Å². The summed E-state index contributed by atoms with van der Waals surface area (Å²) in [4.78, 5) is 24.9. The third-order valence-corrected chi connectivity index (χ3v) is 4.01. The molecular weight excluding hydrogens is 387 g/mol. The number of hydrogen-bond donors (Lipinski definition) is 2. The lowest BCUT2D eigenvalue weighted by Gasteiger charge is -2.36. The molecule has 0 radical (unpaired) electrons. The summed E-state index contributed by atoms with van der Waals surface area (Å²) < 4.78 is 0.799. The number of carbonyl (C=O) groups excluding carboxylic acids is 1. The largest absolute Gasteiger partial charge is 0.355 e. The Labute approximate surface area is 136 Å². The highest BCUT2D eigenvalue weighted by Gasteiger charge is 2.32. The van der Waals surface area contributed by atoms with Crippen LogP contribution < -0.4 is 15.5 Å². The predicted octanol–water partition coefficient (Wildman–Crippen LogP) is 1.11. The first-order chi connectivity index (χ1) is 10.0. The van der Waals surface area contributed by atoms with Crippen LogP contribution in [0.1, 0.15) is 6.92 Å². The van der Waals surface area contributed by atoms with E-state index in [4.69, 9.17) is 0 Å². The van der Waals surface area contributed by atoms with Gasteiger partial charge in [-0.25, -0.2) is 0 Å². The maximum absolute atomic E-state index is 12.2. The molecule has 0 saturated carbocycles. The maximum atomic E-state index is 12.2. The van der Waals surface area contributed by atoms with Crippen molar-refractivity contribution in [2.45, 2.75) is 13.0 Å². The number of nitrogens with zero attached hydrogens (tertiary/aromatic N) is 2. The molecule has 1 aliphatic rings. The van der Waals surface area contributed by atoms with Gasteiger partial charge in [-0.3, -0.25) is 14.9 Å². The van der Waals surface area contributed by atoms with Gasteiger partial charge in [-0.05, 0) is 41.6 Å². The lowest BCUT2D eigenvalue weighted by Crippen LogP contribution is -2.58. The number of benzene rings is 1. The fourth-order valence-electron chi connectivity index (χ4n) is 2.40. The van der Waals surface area contributed by atoms with Gasteiger partial charge in [0.25, 0.3) is 5.69 Å². The average Bonchev–Trinajstić information content (AvgIpc) is 2.47. The fraction of sp³-hybridized carbons (Fsp3) is 0.462. The van der Waals surface area contributed by atoms with Gasteiger partial charge >= 0.3 is 0 Å². The van der Waals surface area contributed by atoms with Crippen LogP contribution in [0.25, 0.3) is 0 Å². The smallest absolute Gasteiger partial charge is 0.293 e. The molecule has 0 aliphatic carbocycles. The molecule has 21 heavy (non-hydrogen) atoms. The van der Waals surface area contributed by atoms with E-state index in [-0.39, 0.29) is 11.6 Å². The molecule has 0 aromatic heterocycles. The van der Waals surface area contributed by atoms with E-state index in [0.29, 0.717) is 31.9 Å². The van der Waals surface area contributed by atoms with Crippen LogP contribution in [-0.2, 0) is 4.79 Å². The third kappa shape index (κ3) is 3.62. The predicted molar refractivity (Wildman–Crippen MR) is 88.5 cm³/mol. The summed E-state index contributed by atoms with van der Waals surface area (Å²) in [5, 5.41) is 17.2. The summed E-state index contributed by atoms with van der Waals surface area (Å²) in [6, 6.07) is 4.64. The van der Waals surface area contributed by atoms with Crippen LogP contribution in [0.4, 0.5) is 11.4 Å². The van der Waals surface area contributed by atoms with Crippen LogP contribution in [0, 0.1) is 13.7 Å². The number of nitro benzene ring substituents is 1. The van der Waals surface area contributed by atoms with Crippen LogP contribution >= 0.6 is 22.6 Å². The molecule has 1 aliphatic heterocycles. The number of anilines is 1. The highest BCUT2D eigenvalue weighted by molar-refractivity contribution is 14.1. The minimum atomic E-state index is -0.433. The van der Waals surface area contributed by atoms with Crippen LogP contribution in [0.15, 0.2) is 18.2 Å². The van der Waals surface area contributed by atoms with Gasteiger partial charge in [0.05, 0.1) is 4.92 Å². The number of hydrogen-bond acceptors (Lipinski definition) is 5. The molecule has 0 spiro atoms. The Hall–Kier alpha value is -1.42. The Morgan fingerprint density at radius 1 is 1.62 bits per heavy atom. The Balaban J connectivity index is 2.37. The van der Waals surface area contributed by atoms with Gasteiger partial charge in [-0.2, -0.15) is 0 Å². The summed E-state index contributed by atoms with van der Waals surface area (Å²) >= 11 is 2.04. The summed E-state index contributed by atoms with van der Waals surface area (Å²) in [7, 11) is 0. The second-order valence-corrected chi connectivity index (χ2v) is 5.94. The van der Waals surface area contributed by atoms with Gasteiger partial charge in [0.2, 0.25) is 5.91 Å². The van der Waals surface area contributed by atoms with Crippen molar-refractivity contribution in [3.05, 3.63) is 31.9 Å². The molecule has 0 bridgehead atoms. The molecular formula is C13H17IN4O3. The van der Waals surface area contributed by atoms with Crippen molar-refractivity contribution < 1.29 is 9.72 Å². The van der Waals surface area contributed by atoms with Crippen LogP contribution in [0.3, 0.4) is 0 Å². The van der Waals surface area contributed by atoms with Crippen molar-refractivity contribution in [3.63, 3.8) is 0 Å². The quantitative estimate of drug-likeness (QED) is 0.446. The van der Waals surface area contributed by atoms with Crippen molar-refractivity contribution in [2.75, 3.05) is 31.1 Å². The zero-order chi connectivity index (χ0) is 15.4.